The van der Waals surface area contributed by atoms with Crippen molar-refractivity contribution in [3.8, 4) is 0 Å². The van der Waals surface area contributed by atoms with E-state index < -0.39 is 0 Å². The van der Waals surface area contributed by atoms with Gasteiger partial charge in [-0.1, -0.05) is 40.0 Å². The third-order valence-corrected chi connectivity index (χ3v) is 5.15. The molecule has 0 spiro atoms. The lowest BCUT2D eigenvalue weighted by atomic mass is 10.1. The highest BCUT2D eigenvalue weighted by molar-refractivity contribution is 6.18. The molecule has 3 nitrogen and oxygen atoms in total. The number of hydrogen-bond acceptors (Lipinski definition) is 2. The van der Waals surface area contributed by atoms with Gasteiger partial charge in [0.05, 0.1) is 25.5 Å². The van der Waals surface area contributed by atoms with Gasteiger partial charge in [-0.3, -0.25) is 4.79 Å². The predicted octanol–water partition coefficient (Wildman–Crippen LogP) is 5.54. The lowest BCUT2D eigenvalue weighted by Gasteiger charge is -2.41. The van der Waals surface area contributed by atoms with Crippen molar-refractivity contribution < 1.29 is 14.0 Å². The van der Waals surface area contributed by atoms with Gasteiger partial charge in [-0.15, -0.1) is 11.6 Å². The van der Waals surface area contributed by atoms with Crippen molar-refractivity contribution in [1.82, 2.24) is 0 Å². The summed E-state index contributed by atoms with van der Waals surface area (Å²) < 4.78 is 6.56. The first-order valence-electron chi connectivity index (χ1n) is 10.1. The Balaban J connectivity index is 5.03. The summed E-state index contributed by atoms with van der Waals surface area (Å²) in [6.07, 6.45) is 11.2. The maximum atomic E-state index is 11.4. The number of esters is 1. The fourth-order valence-corrected chi connectivity index (χ4v) is 3.65. The molecule has 0 fully saturated rings. The van der Waals surface area contributed by atoms with Gasteiger partial charge < -0.3 is 9.22 Å². The van der Waals surface area contributed by atoms with Crippen molar-refractivity contribution in [2.75, 3.05) is 32.1 Å². The normalized spacial score (nSPS) is 13.0. The van der Waals surface area contributed by atoms with Crippen LogP contribution < -0.4 is 0 Å². The zero-order valence-corrected chi connectivity index (χ0v) is 17.4. The Labute approximate surface area is 155 Å². The van der Waals surface area contributed by atoms with Crippen LogP contribution in [0.3, 0.4) is 0 Å². The summed E-state index contributed by atoms with van der Waals surface area (Å²) >= 11 is 6.11. The van der Waals surface area contributed by atoms with E-state index in [2.05, 4.69) is 20.8 Å². The number of unbranched alkanes of at least 4 members (excludes halogenated alkanes) is 6. The summed E-state index contributed by atoms with van der Waals surface area (Å²) in [4.78, 5) is 11.4. The zero-order chi connectivity index (χ0) is 18.3. The molecule has 0 aliphatic rings. The number of alkyl halides is 1. The summed E-state index contributed by atoms with van der Waals surface area (Å²) in [6.45, 7) is 12.7. The van der Waals surface area contributed by atoms with Crippen LogP contribution in [0.4, 0.5) is 0 Å². The second-order valence-electron chi connectivity index (χ2n) is 7.20. The van der Waals surface area contributed by atoms with E-state index in [0.29, 0.717) is 5.88 Å². The van der Waals surface area contributed by atoms with Crippen LogP contribution in [0.1, 0.15) is 85.5 Å². The van der Waals surface area contributed by atoms with E-state index in [-0.39, 0.29) is 12.1 Å². The minimum Gasteiger partial charge on any atom is -0.455 e. The Kier molecular flexibility index (Phi) is 14.8. The monoisotopic (exact) mass is 362 g/mol. The van der Waals surface area contributed by atoms with Crippen LogP contribution in [-0.2, 0) is 9.53 Å². The van der Waals surface area contributed by atoms with E-state index >= 15 is 0 Å². The van der Waals surface area contributed by atoms with Crippen molar-refractivity contribution in [3.63, 3.8) is 0 Å². The number of ether oxygens (including phenoxy) is 1. The maximum Gasteiger partial charge on any atom is 0.303 e. The first-order chi connectivity index (χ1) is 11.5. The average molecular weight is 363 g/mol. The number of nitrogens with zero attached hydrogens (tertiary/aromatic N) is 1. The van der Waals surface area contributed by atoms with Crippen molar-refractivity contribution >= 4 is 17.6 Å². The number of carbonyl (C=O) groups excluding carboxylic acids is 1. The van der Waals surface area contributed by atoms with Gasteiger partial charge in [0.2, 0.25) is 0 Å². The molecule has 144 valence electrons. The molecule has 0 aromatic rings. The smallest absolute Gasteiger partial charge is 0.303 e. The molecule has 0 saturated heterocycles. The molecule has 4 heteroatoms. The van der Waals surface area contributed by atoms with Crippen LogP contribution in [0.5, 0.6) is 0 Å². The first kappa shape index (κ1) is 23.7. The van der Waals surface area contributed by atoms with E-state index in [1.165, 1.54) is 84.3 Å². The molecule has 1 unspecified atom stereocenters. The second kappa shape index (κ2) is 15.0. The van der Waals surface area contributed by atoms with Crippen LogP contribution in [0.25, 0.3) is 0 Å². The summed E-state index contributed by atoms with van der Waals surface area (Å²) in [5.74, 6) is 0.184. The Morgan fingerprint density at radius 3 is 1.58 bits per heavy atom. The Morgan fingerprint density at radius 2 is 1.29 bits per heavy atom. The van der Waals surface area contributed by atoms with Crippen LogP contribution in [-0.4, -0.2) is 48.6 Å². The molecule has 0 aliphatic carbocycles. The number of hydrogen-bond donors (Lipinski definition) is 0. The van der Waals surface area contributed by atoms with Gasteiger partial charge in [0.1, 0.15) is 6.54 Å². The molecule has 0 rings (SSSR count). The highest BCUT2D eigenvalue weighted by atomic mass is 35.5. The van der Waals surface area contributed by atoms with Crippen LogP contribution >= 0.6 is 11.6 Å². The Hall–Kier alpha value is -0.280. The van der Waals surface area contributed by atoms with Gasteiger partial charge >= 0.3 is 5.97 Å². The van der Waals surface area contributed by atoms with Crippen LogP contribution in [0.2, 0.25) is 0 Å². The third kappa shape index (κ3) is 11.3. The predicted molar refractivity (Wildman–Crippen MR) is 105 cm³/mol. The minimum atomic E-state index is -0.213. The quantitative estimate of drug-likeness (QED) is 0.156. The maximum absolute atomic E-state index is 11.4. The number of quaternary nitrogens is 1. The Bertz CT molecular complexity index is 283. The molecule has 0 N–H and O–H groups in total. The largest absolute Gasteiger partial charge is 0.455 e. The lowest BCUT2D eigenvalue weighted by Crippen LogP contribution is -2.55. The summed E-state index contributed by atoms with van der Waals surface area (Å²) in [6, 6.07) is 0. The molecular weight excluding hydrogens is 322 g/mol. The number of rotatable bonds is 16. The number of halogens is 1. The van der Waals surface area contributed by atoms with Gasteiger partial charge in [0.25, 0.3) is 0 Å². The van der Waals surface area contributed by atoms with E-state index in [4.69, 9.17) is 16.3 Å². The highest BCUT2D eigenvalue weighted by Gasteiger charge is 2.31. The molecule has 0 aromatic carbocycles. The molecule has 24 heavy (non-hydrogen) atoms. The summed E-state index contributed by atoms with van der Waals surface area (Å²) in [5, 5.41) is 0. The fourth-order valence-electron chi connectivity index (χ4n) is 3.49. The third-order valence-electron chi connectivity index (χ3n) is 4.80. The molecule has 0 bridgehead atoms. The lowest BCUT2D eigenvalue weighted by molar-refractivity contribution is -0.931. The van der Waals surface area contributed by atoms with E-state index in [1.54, 1.807) is 0 Å². The van der Waals surface area contributed by atoms with Gasteiger partial charge in [-0.2, -0.15) is 0 Å². The van der Waals surface area contributed by atoms with Crippen LogP contribution in [0.15, 0.2) is 0 Å². The van der Waals surface area contributed by atoms with Gasteiger partial charge in [0.15, 0.2) is 6.10 Å². The molecule has 1 atom stereocenters. The van der Waals surface area contributed by atoms with Crippen molar-refractivity contribution in [1.29, 1.82) is 0 Å². The average Bonchev–Trinajstić information content (AvgIpc) is 2.54. The molecular formula is C20H41ClNO2+. The van der Waals surface area contributed by atoms with Gasteiger partial charge in [-0.05, 0) is 38.5 Å². The molecule has 0 amide bonds. The number of carbonyl (C=O) groups is 1. The van der Waals surface area contributed by atoms with E-state index in [0.717, 1.165) is 11.0 Å². The molecule has 0 radical (unpaired) electrons. The molecule has 0 heterocycles. The highest BCUT2D eigenvalue weighted by Crippen LogP contribution is 2.19. The van der Waals surface area contributed by atoms with E-state index in [9.17, 15) is 4.79 Å². The minimum absolute atomic E-state index is 0.158. The van der Waals surface area contributed by atoms with Crippen molar-refractivity contribution in [3.05, 3.63) is 0 Å². The molecule has 0 aromatic heterocycles. The SMILES string of the molecule is CCCCC[N+](CCCCC)(CCCCC)CC(CCl)OC(C)=O. The first-order valence-corrected chi connectivity index (χ1v) is 10.6. The summed E-state index contributed by atoms with van der Waals surface area (Å²) in [5.41, 5.74) is 0. The topological polar surface area (TPSA) is 26.3 Å². The second-order valence-corrected chi connectivity index (χ2v) is 7.51. The molecule has 0 saturated carbocycles. The standard InChI is InChI=1S/C20H41ClNO2/c1-5-8-11-14-22(15-12-9-6-2,16-13-10-7-3)18-20(17-21)24-19(4)23/h20H,5-18H2,1-4H3/q+1. The van der Waals surface area contributed by atoms with Crippen LogP contribution in [0, 0.1) is 0 Å². The summed E-state index contributed by atoms with van der Waals surface area (Å²) in [7, 11) is 0. The van der Waals surface area contributed by atoms with Gasteiger partial charge in [-0.25, -0.2) is 0 Å². The van der Waals surface area contributed by atoms with E-state index in [1.807, 2.05) is 0 Å². The van der Waals surface area contributed by atoms with Gasteiger partial charge in [0, 0.05) is 6.92 Å². The molecule has 0 aliphatic heterocycles. The zero-order valence-electron chi connectivity index (χ0n) is 16.6. The van der Waals surface area contributed by atoms with Crippen molar-refractivity contribution in [2.24, 2.45) is 0 Å². The van der Waals surface area contributed by atoms with Crippen molar-refractivity contribution in [2.45, 2.75) is 91.6 Å². The Morgan fingerprint density at radius 1 is 0.875 bits per heavy atom. The fraction of sp³-hybridized carbons (Fsp3) is 0.950.